The fourth-order valence-corrected chi connectivity index (χ4v) is 2.73. The maximum Gasteiger partial charge on any atom is 0.0948 e. The van der Waals surface area contributed by atoms with Crippen LogP contribution in [0, 0.1) is 6.92 Å². The first-order valence-corrected chi connectivity index (χ1v) is 7.32. The van der Waals surface area contributed by atoms with Crippen LogP contribution in [0.25, 0.3) is 0 Å². The number of aromatic nitrogens is 3. The molecule has 0 spiro atoms. The van der Waals surface area contributed by atoms with Crippen molar-refractivity contribution < 1.29 is 0 Å². The Balaban J connectivity index is 1.56. The van der Waals surface area contributed by atoms with Gasteiger partial charge in [0.15, 0.2) is 0 Å². The number of aryl methyl sites for hydroxylation is 3. The summed E-state index contributed by atoms with van der Waals surface area (Å²) in [7, 11) is 0. The molecular weight excluding hydrogens is 244 g/mol. The van der Waals surface area contributed by atoms with Crippen LogP contribution in [-0.4, -0.2) is 20.6 Å². The second kappa shape index (κ2) is 5.20. The smallest absolute Gasteiger partial charge is 0.0948 e. The average molecular weight is 262 g/mol. The molecule has 0 radical (unpaired) electrons. The predicted octanol–water partition coefficient (Wildman–Crippen LogP) is 2.14. The van der Waals surface area contributed by atoms with E-state index in [1.54, 1.807) is 11.3 Å². The Morgan fingerprint density at radius 1 is 1.50 bits per heavy atom. The van der Waals surface area contributed by atoms with Gasteiger partial charge in [0.25, 0.3) is 0 Å². The standard InChI is InChI=1S/C13H18N4S/c1-10-8-18-13(16-10)4-5-17-9-14-6-12(17)7-15-11-2-3-11/h6,8-9,11,15H,2-5,7H2,1H3. The van der Waals surface area contributed by atoms with Crippen LogP contribution in [0.5, 0.6) is 0 Å². The van der Waals surface area contributed by atoms with Gasteiger partial charge < -0.3 is 9.88 Å². The molecule has 0 saturated heterocycles. The molecule has 1 aliphatic rings. The predicted molar refractivity (Wildman–Crippen MR) is 72.6 cm³/mol. The Hall–Kier alpha value is -1.20. The van der Waals surface area contributed by atoms with Gasteiger partial charge in [0, 0.05) is 42.8 Å². The lowest BCUT2D eigenvalue weighted by atomic mass is 10.4. The Labute approximate surface area is 111 Å². The molecule has 1 aliphatic carbocycles. The van der Waals surface area contributed by atoms with Crippen LogP contribution in [0.4, 0.5) is 0 Å². The highest BCUT2D eigenvalue weighted by Crippen LogP contribution is 2.19. The molecule has 96 valence electrons. The van der Waals surface area contributed by atoms with Gasteiger partial charge in [0.05, 0.1) is 17.0 Å². The summed E-state index contributed by atoms with van der Waals surface area (Å²) in [6, 6.07) is 0.745. The monoisotopic (exact) mass is 262 g/mol. The summed E-state index contributed by atoms with van der Waals surface area (Å²) in [6.07, 6.45) is 7.53. The first-order valence-electron chi connectivity index (χ1n) is 6.44. The number of nitrogens with zero attached hydrogens (tertiary/aromatic N) is 3. The summed E-state index contributed by atoms with van der Waals surface area (Å²) in [5.74, 6) is 0. The number of hydrogen-bond acceptors (Lipinski definition) is 4. The lowest BCUT2D eigenvalue weighted by molar-refractivity contribution is 0.605. The molecule has 0 aliphatic heterocycles. The van der Waals surface area contributed by atoms with E-state index in [0.717, 1.165) is 31.2 Å². The van der Waals surface area contributed by atoms with Gasteiger partial charge in [0.2, 0.25) is 0 Å². The molecule has 18 heavy (non-hydrogen) atoms. The van der Waals surface area contributed by atoms with Crippen LogP contribution in [0.2, 0.25) is 0 Å². The molecule has 1 saturated carbocycles. The molecule has 0 atom stereocenters. The number of rotatable bonds is 6. The molecule has 5 heteroatoms. The molecule has 2 aromatic rings. The Bertz CT molecular complexity index is 513. The molecule has 3 rings (SSSR count). The fourth-order valence-electron chi connectivity index (χ4n) is 1.97. The number of nitrogens with one attached hydrogen (secondary N) is 1. The molecule has 4 nitrogen and oxygen atoms in total. The first-order chi connectivity index (χ1) is 8.81. The zero-order chi connectivity index (χ0) is 12.4. The first kappa shape index (κ1) is 11.9. The minimum atomic E-state index is 0.745. The number of imidazole rings is 1. The van der Waals surface area contributed by atoms with E-state index in [2.05, 4.69) is 25.2 Å². The van der Waals surface area contributed by atoms with Crippen LogP contribution in [0.15, 0.2) is 17.9 Å². The fraction of sp³-hybridized carbons (Fsp3) is 0.538. The zero-order valence-corrected chi connectivity index (χ0v) is 11.4. The third-order valence-electron chi connectivity index (χ3n) is 3.18. The van der Waals surface area contributed by atoms with E-state index < -0.39 is 0 Å². The van der Waals surface area contributed by atoms with Crippen LogP contribution >= 0.6 is 11.3 Å². The van der Waals surface area contributed by atoms with E-state index in [1.165, 1.54) is 23.5 Å². The number of thiazole rings is 1. The van der Waals surface area contributed by atoms with E-state index in [1.807, 2.05) is 19.4 Å². The summed E-state index contributed by atoms with van der Waals surface area (Å²) in [5.41, 5.74) is 2.39. The van der Waals surface area contributed by atoms with Crippen LogP contribution < -0.4 is 5.32 Å². The molecule has 1 fully saturated rings. The van der Waals surface area contributed by atoms with Crippen molar-refractivity contribution >= 4 is 11.3 Å². The lowest BCUT2D eigenvalue weighted by Gasteiger charge is -2.07. The van der Waals surface area contributed by atoms with Gasteiger partial charge >= 0.3 is 0 Å². The van der Waals surface area contributed by atoms with Crippen molar-refractivity contribution in [3.63, 3.8) is 0 Å². The molecule has 2 aromatic heterocycles. The molecule has 0 unspecified atom stereocenters. The highest BCUT2D eigenvalue weighted by atomic mass is 32.1. The highest BCUT2D eigenvalue weighted by Gasteiger charge is 2.20. The van der Waals surface area contributed by atoms with Crippen molar-refractivity contribution in [1.82, 2.24) is 19.9 Å². The van der Waals surface area contributed by atoms with Gasteiger partial charge in [-0.2, -0.15) is 0 Å². The van der Waals surface area contributed by atoms with Gasteiger partial charge in [-0.15, -0.1) is 11.3 Å². The Kier molecular flexibility index (Phi) is 3.43. The second-order valence-electron chi connectivity index (χ2n) is 4.87. The van der Waals surface area contributed by atoms with Crippen molar-refractivity contribution in [3.8, 4) is 0 Å². The topological polar surface area (TPSA) is 42.7 Å². The second-order valence-corrected chi connectivity index (χ2v) is 5.81. The maximum atomic E-state index is 4.49. The molecule has 2 heterocycles. The van der Waals surface area contributed by atoms with E-state index in [9.17, 15) is 0 Å². The van der Waals surface area contributed by atoms with Crippen LogP contribution in [0.1, 0.15) is 29.2 Å². The van der Waals surface area contributed by atoms with Gasteiger partial charge in [-0.3, -0.25) is 0 Å². The van der Waals surface area contributed by atoms with Gasteiger partial charge in [0.1, 0.15) is 0 Å². The quantitative estimate of drug-likeness (QED) is 0.867. The summed E-state index contributed by atoms with van der Waals surface area (Å²) in [5, 5.41) is 6.85. The molecule has 0 aromatic carbocycles. The lowest BCUT2D eigenvalue weighted by Crippen LogP contribution is -2.18. The largest absolute Gasteiger partial charge is 0.333 e. The summed E-state index contributed by atoms with van der Waals surface area (Å²) in [6.45, 7) is 3.94. The summed E-state index contributed by atoms with van der Waals surface area (Å²) in [4.78, 5) is 8.74. The van der Waals surface area contributed by atoms with E-state index in [4.69, 9.17) is 0 Å². The normalized spacial score (nSPS) is 15.2. The van der Waals surface area contributed by atoms with Gasteiger partial charge in [-0.05, 0) is 19.8 Å². The SMILES string of the molecule is Cc1csc(CCn2cncc2CNC2CC2)n1. The zero-order valence-electron chi connectivity index (χ0n) is 10.6. The van der Waals surface area contributed by atoms with Crippen LogP contribution in [0.3, 0.4) is 0 Å². The van der Waals surface area contributed by atoms with E-state index in [-0.39, 0.29) is 0 Å². The molecule has 0 amide bonds. The van der Waals surface area contributed by atoms with E-state index >= 15 is 0 Å². The summed E-state index contributed by atoms with van der Waals surface area (Å²) >= 11 is 1.75. The molecule has 1 N–H and O–H groups in total. The summed E-state index contributed by atoms with van der Waals surface area (Å²) < 4.78 is 2.23. The molecular formula is C13H18N4S. The van der Waals surface area contributed by atoms with Crippen LogP contribution in [-0.2, 0) is 19.5 Å². The third-order valence-corrected chi connectivity index (χ3v) is 4.21. The van der Waals surface area contributed by atoms with Crippen molar-refractivity contribution in [3.05, 3.63) is 34.3 Å². The van der Waals surface area contributed by atoms with E-state index in [0.29, 0.717) is 0 Å². The van der Waals surface area contributed by atoms with Crippen molar-refractivity contribution in [2.75, 3.05) is 0 Å². The maximum absolute atomic E-state index is 4.49. The van der Waals surface area contributed by atoms with Gasteiger partial charge in [-0.25, -0.2) is 9.97 Å². The minimum Gasteiger partial charge on any atom is -0.333 e. The third kappa shape index (κ3) is 2.97. The number of hydrogen-bond donors (Lipinski definition) is 1. The average Bonchev–Trinajstić information content (AvgIpc) is 2.93. The van der Waals surface area contributed by atoms with Gasteiger partial charge in [-0.1, -0.05) is 0 Å². The van der Waals surface area contributed by atoms with Crippen molar-refractivity contribution in [2.45, 2.75) is 45.3 Å². The van der Waals surface area contributed by atoms with Crippen molar-refractivity contribution in [2.24, 2.45) is 0 Å². The van der Waals surface area contributed by atoms with Crippen molar-refractivity contribution in [1.29, 1.82) is 0 Å². The molecule has 0 bridgehead atoms. The Morgan fingerprint density at radius 3 is 3.11 bits per heavy atom. The Morgan fingerprint density at radius 2 is 2.39 bits per heavy atom. The highest BCUT2D eigenvalue weighted by molar-refractivity contribution is 7.09. The minimum absolute atomic E-state index is 0.745.